The lowest BCUT2D eigenvalue weighted by molar-refractivity contribution is 0.437. The summed E-state index contributed by atoms with van der Waals surface area (Å²) in [5.74, 6) is 0. The molecule has 0 amide bonds. The molecule has 0 saturated heterocycles. The first-order chi connectivity index (χ1) is 6.02. The van der Waals surface area contributed by atoms with E-state index in [0.29, 0.717) is 0 Å². The van der Waals surface area contributed by atoms with E-state index in [1.165, 1.54) is 5.56 Å². The largest absolute Gasteiger partial charge is 0.328 e. The first-order valence-electron chi connectivity index (χ1n) is 4.66. The van der Waals surface area contributed by atoms with Gasteiger partial charge in [0.15, 0.2) is 0 Å². The molecule has 0 bridgehead atoms. The molecular weight excluding hydrogens is 158 g/mol. The number of rotatable bonds is 3. The zero-order valence-corrected chi connectivity index (χ0v) is 8.59. The maximum absolute atomic E-state index is 5.80. The molecule has 0 aromatic heterocycles. The summed E-state index contributed by atoms with van der Waals surface area (Å²) >= 11 is 0. The predicted molar refractivity (Wildman–Crippen MR) is 55.4 cm³/mol. The van der Waals surface area contributed by atoms with Gasteiger partial charge in [-0.3, -0.25) is 0 Å². The lowest BCUT2D eigenvalue weighted by Gasteiger charge is -2.26. The molecule has 1 aromatic rings. The number of hydrogen-bond acceptors (Lipinski definition) is 1. The molecule has 1 nitrogen and oxygen atoms in total. The van der Waals surface area contributed by atoms with E-state index in [-0.39, 0.29) is 11.5 Å². The zero-order chi connectivity index (χ0) is 9.90. The van der Waals surface area contributed by atoms with Gasteiger partial charge < -0.3 is 5.73 Å². The molecule has 70 valence electrons. The van der Waals surface area contributed by atoms with Crippen molar-refractivity contribution in [1.29, 1.82) is 0 Å². The van der Waals surface area contributed by atoms with E-state index in [1.807, 2.05) is 19.1 Å². The standard InChI is InChI=1S/C12H17N/c1-10(13)9-12(2,3)11-7-5-4-6-8-11/h5,7-8,10H,9,13H2,1-3H3. The lowest BCUT2D eigenvalue weighted by Crippen LogP contribution is -2.28. The Kier molecular flexibility index (Phi) is 2.95. The van der Waals surface area contributed by atoms with E-state index in [9.17, 15) is 0 Å². The van der Waals surface area contributed by atoms with Crippen LogP contribution in [0.5, 0.6) is 0 Å². The fourth-order valence-corrected chi connectivity index (χ4v) is 1.69. The summed E-state index contributed by atoms with van der Waals surface area (Å²) < 4.78 is 0. The highest BCUT2D eigenvalue weighted by atomic mass is 14.6. The van der Waals surface area contributed by atoms with Crippen LogP contribution in [0.2, 0.25) is 0 Å². The Bertz CT molecular complexity index is 249. The zero-order valence-electron chi connectivity index (χ0n) is 8.59. The lowest BCUT2D eigenvalue weighted by atomic mass is 9.80. The van der Waals surface area contributed by atoms with Crippen LogP contribution in [0.15, 0.2) is 18.2 Å². The second-order valence-electron chi connectivity index (χ2n) is 4.29. The molecule has 0 saturated carbocycles. The van der Waals surface area contributed by atoms with Crippen LogP contribution < -0.4 is 5.73 Å². The average Bonchev–Trinajstić information content (AvgIpc) is 2.04. The highest BCUT2D eigenvalue weighted by molar-refractivity contribution is 5.20. The number of nitrogens with two attached hydrogens (primary N) is 1. The van der Waals surface area contributed by atoms with E-state index in [1.54, 1.807) is 0 Å². The smallest absolute Gasteiger partial charge is 0.00187 e. The summed E-state index contributed by atoms with van der Waals surface area (Å²) in [6.07, 6.45) is 0.991. The van der Waals surface area contributed by atoms with Gasteiger partial charge in [0, 0.05) is 6.04 Å². The van der Waals surface area contributed by atoms with E-state index in [4.69, 9.17) is 5.73 Å². The van der Waals surface area contributed by atoms with Gasteiger partial charge in [-0.2, -0.15) is 0 Å². The van der Waals surface area contributed by atoms with Crippen LogP contribution in [-0.4, -0.2) is 6.04 Å². The molecule has 0 aliphatic carbocycles. The molecule has 0 spiro atoms. The molecule has 0 fully saturated rings. The summed E-state index contributed by atoms with van der Waals surface area (Å²) in [7, 11) is 0. The van der Waals surface area contributed by atoms with E-state index in [0.717, 1.165) is 6.42 Å². The summed E-state index contributed by atoms with van der Waals surface area (Å²) in [5.41, 5.74) is 7.22. The maximum Gasteiger partial charge on any atom is 0.00187 e. The summed E-state index contributed by atoms with van der Waals surface area (Å²) in [6, 6.07) is 12.1. The molecule has 13 heavy (non-hydrogen) atoms. The van der Waals surface area contributed by atoms with Crippen molar-refractivity contribution >= 4 is 0 Å². The van der Waals surface area contributed by atoms with Crippen molar-refractivity contribution in [2.24, 2.45) is 5.73 Å². The van der Waals surface area contributed by atoms with Gasteiger partial charge in [-0.1, -0.05) is 26.0 Å². The minimum absolute atomic E-state index is 0.139. The van der Waals surface area contributed by atoms with Crippen molar-refractivity contribution in [2.45, 2.75) is 38.6 Å². The topological polar surface area (TPSA) is 26.0 Å². The monoisotopic (exact) mass is 175 g/mol. The maximum atomic E-state index is 5.80. The van der Waals surface area contributed by atoms with Gasteiger partial charge in [0.05, 0.1) is 0 Å². The normalized spacial score (nSPS) is 13.5. The Morgan fingerprint density at radius 1 is 1.46 bits per heavy atom. The average molecular weight is 175 g/mol. The Hall–Kier alpha value is -1.00. The van der Waals surface area contributed by atoms with Crippen LogP contribution >= 0.6 is 0 Å². The molecule has 0 heterocycles. The van der Waals surface area contributed by atoms with Gasteiger partial charge in [0.25, 0.3) is 0 Å². The molecule has 2 N–H and O–H groups in total. The minimum Gasteiger partial charge on any atom is -0.328 e. The van der Waals surface area contributed by atoms with E-state index < -0.39 is 0 Å². The molecule has 1 atom stereocenters. The Morgan fingerprint density at radius 3 is 2.62 bits per heavy atom. The second-order valence-corrected chi connectivity index (χ2v) is 4.29. The Balaban J connectivity index is 2.81. The molecular formula is C12H17N. The number of hydrogen-bond donors (Lipinski definition) is 1. The van der Waals surface area contributed by atoms with E-state index >= 15 is 0 Å². The SMILES string of the molecule is CC(N)CC(C)(C)c1cc#ccc1. The molecule has 1 unspecified atom stereocenters. The van der Waals surface area contributed by atoms with Crippen LogP contribution in [0.25, 0.3) is 0 Å². The third-order valence-electron chi connectivity index (χ3n) is 2.27. The predicted octanol–water partition coefficient (Wildman–Crippen LogP) is 2.30. The van der Waals surface area contributed by atoms with Gasteiger partial charge in [-0.05, 0) is 42.5 Å². The van der Waals surface area contributed by atoms with Crippen LogP contribution in [0.3, 0.4) is 0 Å². The van der Waals surface area contributed by atoms with Crippen molar-refractivity contribution in [3.05, 3.63) is 35.9 Å². The van der Waals surface area contributed by atoms with Gasteiger partial charge in [0.2, 0.25) is 0 Å². The molecule has 1 aromatic carbocycles. The Labute approximate surface area is 81.0 Å². The van der Waals surface area contributed by atoms with Crippen molar-refractivity contribution in [2.75, 3.05) is 0 Å². The first kappa shape index (κ1) is 10.1. The summed E-state index contributed by atoms with van der Waals surface area (Å²) in [6.45, 7) is 6.46. The van der Waals surface area contributed by atoms with Crippen LogP contribution in [0.4, 0.5) is 0 Å². The fraction of sp³-hybridized carbons (Fsp3) is 0.500. The van der Waals surface area contributed by atoms with Crippen LogP contribution in [0.1, 0.15) is 32.8 Å². The van der Waals surface area contributed by atoms with Gasteiger partial charge in [-0.15, -0.1) is 0 Å². The van der Waals surface area contributed by atoms with Gasteiger partial charge >= 0.3 is 0 Å². The quantitative estimate of drug-likeness (QED) is 0.749. The molecule has 1 heteroatoms. The van der Waals surface area contributed by atoms with Crippen molar-refractivity contribution in [3.63, 3.8) is 0 Å². The van der Waals surface area contributed by atoms with Crippen molar-refractivity contribution < 1.29 is 0 Å². The molecule has 0 radical (unpaired) electrons. The Morgan fingerprint density at radius 2 is 2.15 bits per heavy atom. The van der Waals surface area contributed by atoms with Crippen LogP contribution in [0, 0.1) is 12.1 Å². The van der Waals surface area contributed by atoms with E-state index in [2.05, 4.69) is 32.0 Å². The minimum atomic E-state index is 0.139. The van der Waals surface area contributed by atoms with Gasteiger partial charge in [0.1, 0.15) is 0 Å². The van der Waals surface area contributed by atoms with Crippen molar-refractivity contribution in [3.8, 4) is 0 Å². The van der Waals surface area contributed by atoms with Gasteiger partial charge in [-0.25, -0.2) is 0 Å². The van der Waals surface area contributed by atoms with Crippen molar-refractivity contribution in [1.82, 2.24) is 0 Å². The highest BCUT2D eigenvalue weighted by Crippen LogP contribution is 2.26. The highest BCUT2D eigenvalue weighted by Gasteiger charge is 2.21. The molecule has 0 aliphatic rings. The second kappa shape index (κ2) is 3.81. The summed E-state index contributed by atoms with van der Waals surface area (Å²) in [5, 5.41) is 0. The third-order valence-corrected chi connectivity index (χ3v) is 2.27. The third kappa shape index (κ3) is 2.75. The fourth-order valence-electron chi connectivity index (χ4n) is 1.69. The molecule has 1 rings (SSSR count). The first-order valence-corrected chi connectivity index (χ1v) is 4.66. The summed E-state index contributed by atoms with van der Waals surface area (Å²) in [4.78, 5) is 0. The molecule has 0 aliphatic heterocycles. The van der Waals surface area contributed by atoms with Crippen LogP contribution in [-0.2, 0) is 5.41 Å².